The van der Waals surface area contributed by atoms with Gasteiger partial charge >= 0.3 is 0 Å². The van der Waals surface area contributed by atoms with E-state index in [2.05, 4.69) is 27.5 Å². The Kier molecular flexibility index (Phi) is 8.19. The molecular weight excluding hydrogens is 527 g/mol. The highest BCUT2D eigenvalue weighted by Crippen LogP contribution is 2.46. The predicted octanol–water partition coefficient (Wildman–Crippen LogP) is 6.62. The molecule has 2 aromatic carbocycles. The van der Waals surface area contributed by atoms with Crippen molar-refractivity contribution in [2.45, 2.75) is 13.8 Å². The van der Waals surface area contributed by atoms with Crippen LogP contribution in [0, 0.1) is 6.92 Å². The zero-order valence-corrected chi connectivity index (χ0v) is 22.8. The summed E-state index contributed by atoms with van der Waals surface area (Å²) in [5.74, 6) is 1.33. The van der Waals surface area contributed by atoms with Crippen molar-refractivity contribution in [3.8, 4) is 22.8 Å². The Hall–Kier alpha value is -4.08. The van der Waals surface area contributed by atoms with Gasteiger partial charge in [-0.1, -0.05) is 41.9 Å². The van der Waals surface area contributed by atoms with Gasteiger partial charge in [0.2, 0.25) is 11.9 Å². The van der Waals surface area contributed by atoms with Crippen molar-refractivity contribution in [2.75, 3.05) is 36.7 Å². The molecule has 2 heterocycles. The molecule has 0 saturated carbocycles. The number of hydrogen-bond acceptors (Lipinski definition) is 8. The molecule has 0 unspecified atom stereocenters. The number of ether oxygens (including phenoxy) is 2. The van der Waals surface area contributed by atoms with E-state index in [9.17, 15) is 4.79 Å². The fraction of sp³-hybridized carbons (Fsp3) is 0.185. The summed E-state index contributed by atoms with van der Waals surface area (Å²) in [6, 6.07) is 8.97. The van der Waals surface area contributed by atoms with Crippen molar-refractivity contribution in [2.24, 2.45) is 0 Å². The van der Waals surface area contributed by atoms with E-state index < -0.39 is 0 Å². The number of benzene rings is 2. The third kappa shape index (κ3) is 5.29. The van der Waals surface area contributed by atoms with E-state index >= 15 is 0 Å². The molecule has 0 aliphatic heterocycles. The number of anilines is 4. The third-order valence-corrected chi connectivity index (χ3v) is 6.44. The van der Waals surface area contributed by atoms with Gasteiger partial charge in [-0.2, -0.15) is 0 Å². The van der Waals surface area contributed by atoms with Gasteiger partial charge in [0.1, 0.15) is 17.0 Å². The lowest BCUT2D eigenvalue weighted by atomic mass is 10.1. The van der Waals surface area contributed by atoms with Crippen LogP contribution in [-0.2, 0) is 4.79 Å². The summed E-state index contributed by atoms with van der Waals surface area (Å²) in [6.45, 7) is 7.98. The van der Waals surface area contributed by atoms with Gasteiger partial charge in [0.25, 0.3) is 0 Å². The monoisotopic (exact) mass is 552 g/mol. The van der Waals surface area contributed by atoms with Crippen LogP contribution in [-0.4, -0.2) is 41.6 Å². The summed E-state index contributed by atoms with van der Waals surface area (Å²) in [6.07, 6.45) is 2.89. The van der Waals surface area contributed by atoms with Crippen molar-refractivity contribution in [3.63, 3.8) is 0 Å². The topological polar surface area (TPSA) is 110 Å². The maximum Gasteiger partial charge on any atom is 0.247 e. The second kappa shape index (κ2) is 11.5. The SMILES string of the molecule is C=CC(=O)Nc1cccc(C)c1Nc1ncc2cc(-c3c(Cl)c(OC)cc(OC)c3Cl)nc(NCC)c2n1. The first-order chi connectivity index (χ1) is 18.3. The summed E-state index contributed by atoms with van der Waals surface area (Å²) in [5.41, 5.74) is 3.69. The second-order valence-corrected chi connectivity index (χ2v) is 8.87. The highest BCUT2D eigenvalue weighted by molar-refractivity contribution is 6.41. The van der Waals surface area contributed by atoms with Crippen molar-refractivity contribution >= 4 is 63.2 Å². The summed E-state index contributed by atoms with van der Waals surface area (Å²) in [4.78, 5) is 25.9. The van der Waals surface area contributed by atoms with E-state index in [4.69, 9.17) is 42.6 Å². The van der Waals surface area contributed by atoms with Crippen LogP contribution in [0.2, 0.25) is 10.0 Å². The molecule has 38 heavy (non-hydrogen) atoms. The Labute approximate surface area is 230 Å². The molecule has 0 spiro atoms. The summed E-state index contributed by atoms with van der Waals surface area (Å²) in [5, 5.41) is 10.6. The van der Waals surface area contributed by atoms with E-state index in [1.165, 1.54) is 20.3 Å². The largest absolute Gasteiger partial charge is 0.495 e. The maximum atomic E-state index is 11.9. The number of hydrogen-bond donors (Lipinski definition) is 3. The highest BCUT2D eigenvalue weighted by atomic mass is 35.5. The number of pyridine rings is 1. The van der Waals surface area contributed by atoms with Crippen molar-refractivity contribution in [1.82, 2.24) is 15.0 Å². The minimum absolute atomic E-state index is 0.306. The number of amides is 1. The number of rotatable bonds is 9. The molecule has 0 bridgehead atoms. The van der Waals surface area contributed by atoms with E-state index in [-0.39, 0.29) is 5.91 Å². The molecule has 0 fully saturated rings. The van der Waals surface area contributed by atoms with Gasteiger partial charge in [0, 0.05) is 29.8 Å². The van der Waals surface area contributed by atoms with Gasteiger partial charge in [-0.25, -0.2) is 15.0 Å². The number of para-hydroxylation sites is 1. The van der Waals surface area contributed by atoms with Crippen LogP contribution >= 0.6 is 23.2 Å². The lowest BCUT2D eigenvalue weighted by Gasteiger charge is -2.17. The first-order valence-corrected chi connectivity index (χ1v) is 12.4. The molecule has 1 amide bonds. The van der Waals surface area contributed by atoms with E-state index in [1.807, 2.05) is 26.0 Å². The first-order valence-electron chi connectivity index (χ1n) is 11.6. The molecule has 0 aliphatic rings. The number of nitrogens with zero attached hydrogens (tertiary/aromatic N) is 3. The molecule has 11 heteroatoms. The zero-order valence-electron chi connectivity index (χ0n) is 21.3. The zero-order chi connectivity index (χ0) is 27.4. The number of aryl methyl sites for hydroxylation is 1. The van der Waals surface area contributed by atoms with Gasteiger partial charge in [0.15, 0.2) is 5.82 Å². The molecule has 4 rings (SSSR count). The Balaban J connectivity index is 1.83. The Morgan fingerprint density at radius 2 is 1.82 bits per heavy atom. The van der Waals surface area contributed by atoms with Crippen LogP contribution in [0.3, 0.4) is 0 Å². The van der Waals surface area contributed by atoms with Crippen molar-refractivity contribution in [1.29, 1.82) is 0 Å². The number of aromatic nitrogens is 3. The number of halogens is 2. The van der Waals surface area contributed by atoms with Gasteiger partial charge < -0.3 is 25.4 Å². The number of nitrogens with one attached hydrogen (secondary N) is 3. The summed E-state index contributed by atoms with van der Waals surface area (Å²) in [7, 11) is 3.03. The lowest BCUT2D eigenvalue weighted by Crippen LogP contribution is -2.11. The average molecular weight is 553 g/mol. The molecular formula is C27H26Cl2N6O3. The molecule has 0 radical (unpaired) electrons. The van der Waals surface area contributed by atoms with Gasteiger partial charge in [-0.3, -0.25) is 4.79 Å². The summed E-state index contributed by atoms with van der Waals surface area (Å²) < 4.78 is 10.8. The highest BCUT2D eigenvalue weighted by Gasteiger charge is 2.22. The van der Waals surface area contributed by atoms with Gasteiger partial charge in [-0.05, 0) is 37.6 Å². The number of methoxy groups -OCH3 is 2. The van der Waals surface area contributed by atoms with Crippen LogP contribution in [0.25, 0.3) is 22.2 Å². The molecule has 9 nitrogen and oxygen atoms in total. The van der Waals surface area contributed by atoms with E-state index in [1.54, 1.807) is 24.4 Å². The van der Waals surface area contributed by atoms with Crippen LogP contribution in [0.1, 0.15) is 12.5 Å². The van der Waals surface area contributed by atoms with Crippen LogP contribution in [0.5, 0.6) is 11.5 Å². The normalized spacial score (nSPS) is 10.7. The minimum atomic E-state index is -0.323. The van der Waals surface area contributed by atoms with Crippen LogP contribution < -0.4 is 25.4 Å². The quantitative estimate of drug-likeness (QED) is 0.198. The van der Waals surface area contributed by atoms with Crippen molar-refractivity contribution in [3.05, 3.63) is 64.8 Å². The first kappa shape index (κ1) is 27.0. The second-order valence-electron chi connectivity index (χ2n) is 8.12. The molecule has 196 valence electrons. The number of fused-ring (bicyclic) bond motifs is 1. The number of carbonyl (C=O) groups excluding carboxylic acids is 1. The smallest absolute Gasteiger partial charge is 0.247 e. The average Bonchev–Trinajstić information content (AvgIpc) is 2.91. The maximum absolute atomic E-state index is 11.9. The Morgan fingerprint density at radius 1 is 1.11 bits per heavy atom. The lowest BCUT2D eigenvalue weighted by molar-refractivity contribution is -0.111. The summed E-state index contributed by atoms with van der Waals surface area (Å²) >= 11 is 13.3. The minimum Gasteiger partial charge on any atom is -0.495 e. The van der Waals surface area contributed by atoms with Gasteiger partial charge in [-0.15, -0.1) is 0 Å². The molecule has 2 aromatic heterocycles. The van der Waals surface area contributed by atoms with Crippen LogP contribution in [0.4, 0.5) is 23.1 Å². The third-order valence-electron chi connectivity index (χ3n) is 5.69. The molecule has 0 saturated heterocycles. The fourth-order valence-corrected chi connectivity index (χ4v) is 4.56. The van der Waals surface area contributed by atoms with Gasteiger partial charge in [0.05, 0.1) is 41.3 Å². The van der Waals surface area contributed by atoms with E-state index in [0.29, 0.717) is 73.4 Å². The Morgan fingerprint density at radius 3 is 2.45 bits per heavy atom. The number of carbonyl (C=O) groups is 1. The van der Waals surface area contributed by atoms with Crippen LogP contribution in [0.15, 0.2) is 49.2 Å². The fourth-order valence-electron chi connectivity index (χ4n) is 3.86. The molecule has 0 atom stereocenters. The molecule has 3 N–H and O–H groups in total. The van der Waals surface area contributed by atoms with Crippen molar-refractivity contribution < 1.29 is 14.3 Å². The molecule has 4 aromatic rings. The van der Waals surface area contributed by atoms with E-state index in [0.717, 1.165) is 5.56 Å². The predicted molar refractivity (Wildman–Crippen MR) is 153 cm³/mol. The standard InChI is InChI=1S/C27H26Cl2N6O3/c1-6-20(36)32-16-10-8-9-14(3)24(16)34-27-31-13-15-11-17(33-26(30-7-2)25(15)35-27)21-22(28)18(37-4)12-19(38-5)23(21)29/h6,8-13H,1,7H2,2-5H3,(H,30,33)(H,32,36)(H,31,34,35). The Bertz CT molecular complexity index is 1520. The molecule has 0 aliphatic carbocycles.